The number of nitrogens with two attached hydrogens (primary N) is 1. The molecule has 3 N–H and O–H groups in total. The lowest BCUT2D eigenvalue weighted by Crippen LogP contribution is -2.37. The number of halogens is 2. The number of benzene rings is 1. The predicted molar refractivity (Wildman–Crippen MR) is 78.8 cm³/mol. The summed E-state index contributed by atoms with van der Waals surface area (Å²) in [6.45, 7) is 5.98. The fraction of sp³-hybridized carbons (Fsp3) is 0.500. The van der Waals surface area contributed by atoms with Gasteiger partial charge in [0.05, 0.1) is 12.1 Å². The van der Waals surface area contributed by atoms with Gasteiger partial charge < -0.3 is 10.8 Å². The number of hydrogen-bond acceptors (Lipinski definition) is 2. The van der Waals surface area contributed by atoms with Gasteiger partial charge in [0.25, 0.3) is 0 Å². The molecule has 0 bridgehead atoms. The van der Waals surface area contributed by atoms with Gasteiger partial charge in [0, 0.05) is 3.57 Å². The van der Waals surface area contributed by atoms with E-state index in [1.54, 1.807) is 0 Å². The minimum atomic E-state index is -0.534. The quantitative estimate of drug-likeness (QED) is 0.801. The Morgan fingerprint density at radius 3 is 2.19 bits per heavy atom. The topological polar surface area (TPSA) is 46.2 Å². The molecule has 0 unspecified atom stereocenters. The van der Waals surface area contributed by atoms with Crippen molar-refractivity contribution in [2.45, 2.75) is 32.9 Å². The van der Waals surface area contributed by atoms with Crippen molar-refractivity contribution in [1.82, 2.24) is 0 Å². The molecule has 0 aliphatic heterocycles. The lowest BCUT2D eigenvalue weighted by molar-refractivity contribution is 0.0399. The molecule has 2 atom stereocenters. The van der Waals surface area contributed by atoms with E-state index < -0.39 is 6.10 Å². The Labute approximate surface area is 117 Å². The molecule has 0 spiro atoms. The zero-order valence-corrected chi connectivity index (χ0v) is 12.7. The van der Waals surface area contributed by atoms with Gasteiger partial charge in [-0.1, -0.05) is 39.0 Å². The highest BCUT2D eigenvalue weighted by Crippen LogP contribution is 2.30. The minimum absolute atomic E-state index is 0. The molecule has 0 saturated carbocycles. The normalized spacial score (nSPS) is 15.1. The van der Waals surface area contributed by atoms with Gasteiger partial charge in [-0.3, -0.25) is 0 Å². The Hall–Kier alpha value is 0.160. The molecule has 1 aromatic carbocycles. The highest BCUT2D eigenvalue weighted by molar-refractivity contribution is 14.1. The van der Waals surface area contributed by atoms with E-state index in [1.807, 2.05) is 45.0 Å². The van der Waals surface area contributed by atoms with Gasteiger partial charge >= 0.3 is 0 Å². The highest BCUT2D eigenvalue weighted by Gasteiger charge is 2.29. The summed E-state index contributed by atoms with van der Waals surface area (Å²) in [6.07, 6.45) is -0.534. The summed E-state index contributed by atoms with van der Waals surface area (Å²) >= 11 is 2.25. The summed E-state index contributed by atoms with van der Waals surface area (Å²) in [5, 5.41) is 10.1. The van der Waals surface area contributed by atoms with Crippen LogP contribution in [-0.2, 0) is 0 Å². The minimum Gasteiger partial charge on any atom is -0.391 e. The molecule has 4 heteroatoms. The van der Waals surface area contributed by atoms with Gasteiger partial charge in [0.15, 0.2) is 0 Å². The van der Waals surface area contributed by atoms with Gasteiger partial charge in [0.2, 0.25) is 0 Å². The maximum Gasteiger partial charge on any atom is 0.0781 e. The summed E-state index contributed by atoms with van der Waals surface area (Å²) in [6, 6.07) is 7.58. The molecule has 1 aromatic rings. The molecular weight excluding hydrogens is 336 g/mol. The van der Waals surface area contributed by atoms with E-state index in [1.165, 1.54) is 0 Å². The lowest BCUT2D eigenvalue weighted by Gasteiger charge is -2.31. The van der Waals surface area contributed by atoms with Crippen LogP contribution in [0.4, 0.5) is 0 Å². The summed E-state index contributed by atoms with van der Waals surface area (Å²) in [5.41, 5.74) is 6.89. The fourth-order valence-corrected chi connectivity index (χ4v) is 2.20. The smallest absolute Gasteiger partial charge is 0.0781 e. The van der Waals surface area contributed by atoms with E-state index in [0.717, 1.165) is 9.13 Å². The highest BCUT2D eigenvalue weighted by atomic mass is 127. The van der Waals surface area contributed by atoms with Crippen LogP contribution in [0.25, 0.3) is 0 Å². The average Bonchev–Trinajstić information content (AvgIpc) is 2.15. The number of rotatable bonds is 2. The van der Waals surface area contributed by atoms with Gasteiger partial charge in [0.1, 0.15) is 0 Å². The maximum absolute atomic E-state index is 10.1. The second-order valence-electron chi connectivity index (χ2n) is 4.86. The van der Waals surface area contributed by atoms with E-state index in [0.29, 0.717) is 0 Å². The summed E-state index contributed by atoms with van der Waals surface area (Å²) in [7, 11) is 0. The monoisotopic (exact) mass is 355 g/mol. The molecule has 92 valence electrons. The third-order valence-electron chi connectivity index (χ3n) is 2.49. The molecule has 0 aliphatic rings. The second kappa shape index (κ2) is 6.19. The van der Waals surface area contributed by atoms with Crippen LogP contribution in [0.2, 0.25) is 0 Å². The summed E-state index contributed by atoms with van der Waals surface area (Å²) in [4.78, 5) is 0. The van der Waals surface area contributed by atoms with Crippen molar-refractivity contribution in [2.75, 3.05) is 0 Å². The van der Waals surface area contributed by atoms with Crippen LogP contribution in [0.3, 0.4) is 0 Å². The first-order chi connectivity index (χ1) is 6.84. The third kappa shape index (κ3) is 3.87. The molecule has 0 saturated heterocycles. The van der Waals surface area contributed by atoms with Crippen molar-refractivity contribution in [3.63, 3.8) is 0 Å². The molecule has 0 fully saturated rings. The van der Waals surface area contributed by atoms with Gasteiger partial charge in [-0.05, 0) is 39.6 Å². The molecule has 2 nitrogen and oxygen atoms in total. The Morgan fingerprint density at radius 1 is 1.25 bits per heavy atom. The Balaban J connectivity index is 0.00000225. The number of hydrogen-bond donors (Lipinski definition) is 2. The molecule has 0 radical (unpaired) electrons. The first-order valence-electron chi connectivity index (χ1n) is 5.02. The van der Waals surface area contributed by atoms with Crippen molar-refractivity contribution in [3.8, 4) is 0 Å². The standard InChI is InChI=1S/C12H18INO.ClH/c1-12(2,3)11(15)10(14)8-6-4-5-7-9(8)13;/h4-7,10-11,15H,14H2,1-3H3;1H/t10-,11-;/m1./s1. The van der Waals surface area contributed by atoms with E-state index in [2.05, 4.69) is 22.6 Å². The van der Waals surface area contributed by atoms with Crippen LogP contribution >= 0.6 is 35.0 Å². The van der Waals surface area contributed by atoms with Gasteiger partial charge in [-0.2, -0.15) is 0 Å². The molecule has 0 heterocycles. The Morgan fingerprint density at radius 2 is 1.75 bits per heavy atom. The second-order valence-corrected chi connectivity index (χ2v) is 6.02. The first kappa shape index (κ1) is 16.2. The Bertz CT molecular complexity index is 338. The lowest BCUT2D eigenvalue weighted by atomic mass is 9.82. The fourth-order valence-electron chi connectivity index (χ4n) is 1.45. The van der Waals surface area contributed by atoms with Crippen LogP contribution in [0.15, 0.2) is 24.3 Å². The molecular formula is C12H19ClINO. The SMILES string of the molecule is CC(C)(C)[C@H](O)[C@H](N)c1ccccc1I.Cl. The molecule has 0 amide bonds. The largest absolute Gasteiger partial charge is 0.391 e. The Kier molecular flexibility index (Phi) is 6.25. The van der Waals surface area contributed by atoms with Crippen LogP contribution in [0.5, 0.6) is 0 Å². The molecule has 0 aliphatic carbocycles. The summed E-state index contributed by atoms with van der Waals surface area (Å²) in [5.74, 6) is 0. The van der Waals surface area contributed by atoms with Crippen LogP contribution < -0.4 is 5.73 Å². The number of aliphatic hydroxyl groups excluding tert-OH is 1. The summed E-state index contributed by atoms with van der Waals surface area (Å²) < 4.78 is 1.10. The molecule has 0 aromatic heterocycles. The molecule has 1 rings (SSSR count). The van der Waals surface area contributed by atoms with Crippen molar-refractivity contribution in [3.05, 3.63) is 33.4 Å². The van der Waals surface area contributed by atoms with Gasteiger partial charge in [-0.25, -0.2) is 0 Å². The van der Waals surface area contributed by atoms with Crippen molar-refractivity contribution in [2.24, 2.45) is 11.1 Å². The van der Waals surface area contributed by atoms with E-state index >= 15 is 0 Å². The van der Waals surface area contributed by atoms with Crippen molar-refractivity contribution < 1.29 is 5.11 Å². The number of aliphatic hydroxyl groups is 1. The average molecular weight is 356 g/mol. The zero-order valence-electron chi connectivity index (χ0n) is 9.77. The van der Waals surface area contributed by atoms with Crippen molar-refractivity contribution in [1.29, 1.82) is 0 Å². The van der Waals surface area contributed by atoms with E-state index in [4.69, 9.17) is 5.73 Å². The van der Waals surface area contributed by atoms with Crippen LogP contribution in [0.1, 0.15) is 32.4 Å². The van der Waals surface area contributed by atoms with Crippen LogP contribution in [-0.4, -0.2) is 11.2 Å². The van der Waals surface area contributed by atoms with Crippen LogP contribution in [0, 0.1) is 8.99 Å². The third-order valence-corrected chi connectivity index (χ3v) is 3.47. The van der Waals surface area contributed by atoms with E-state index in [9.17, 15) is 5.11 Å². The van der Waals surface area contributed by atoms with E-state index in [-0.39, 0.29) is 23.9 Å². The zero-order chi connectivity index (χ0) is 11.6. The van der Waals surface area contributed by atoms with Crippen molar-refractivity contribution >= 4 is 35.0 Å². The van der Waals surface area contributed by atoms with Gasteiger partial charge in [-0.15, -0.1) is 12.4 Å². The maximum atomic E-state index is 10.1. The predicted octanol–water partition coefficient (Wildman–Crippen LogP) is 3.12. The first-order valence-corrected chi connectivity index (χ1v) is 6.10. The molecule has 16 heavy (non-hydrogen) atoms.